The summed E-state index contributed by atoms with van der Waals surface area (Å²) in [6.45, 7) is 1.90. The molecule has 6 nitrogen and oxygen atoms in total. The zero-order valence-electron chi connectivity index (χ0n) is 18.3. The number of para-hydroxylation sites is 3. The summed E-state index contributed by atoms with van der Waals surface area (Å²) in [5.41, 5.74) is 1.73. The first kappa shape index (κ1) is 22.9. The first-order valence-corrected chi connectivity index (χ1v) is 11.8. The van der Waals surface area contributed by atoms with E-state index >= 15 is 0 Å². The number of benzene rings is 3. The molecule has 0 saturated carbocycles. The minimum atomic E-state index is -0.422. The molecular weight excluding hydrogens is 456 g/mol. The van der Waals surface area contributed by atoms with Gasteiger partial charge in [0.1, 0.15) is 5.75 Å². The normalized spacial score (nSPS) is 11.7. The van der Waals surface area contributed by atoms with Crippen LogP contribution in [0.25, 0.3) is 5.69 Å². The maximum atomic E-state index is 12.8. The van der Waals surface area contributed by atoms with Gasteiger partial charge in [-0.3, -0.25) is 9.36 Å². The first-order chi connectivity index (χ1) is 16.0. The topological polar surface area (TPSA) is 60.3 Å². The molecule has 0 fully saturated rings. The van der Waals surface area contributed by atoms with E-state index in [-0.39, 0.29) is 11.7 Å². The molecule has 0 aliphatic rings. The lowest BCUT2D eigenvalue weighted by Crippen LogP contribution is -2.28. The minimum Gasteiger partial charge on any atom is -0.481 e. The number of hydrogen-bond acceptors (Lipinski definition) is 5. The van der Waals surface area contributed by atoms with E-state index in [4.69, 9.17) is 16.3 Å². The molecule has 0 saturated heterocycles. The fraction of sp³-hybridized carbons (Fsp3) is 0.160. The van der Waals surface area contributed by atoms with Crippen LogP contribution in [0, 0.1) is 0 Å². The van der Waals surface area contributed by atoms with E-state index in [0.717, 1.165) is 11.4 Å². The Labute approximate surface area is 202 Å². The SMILES string of the molecule is CC(Oc1ccccc1Cl)c1nnc(SCC(=O)N(C)c2ccccc2)n1-c1ccccc1. The Hall–Kier alpha value is -3.29. The van der Waals surface area contributed by atoms with Gasteiger partial charge in [0.15, 0.2) is 17.1 Å². The van der Waals surface area contributed by atoms with E-state index in [1.165, 1.54) is 11.8 Å². The Morgan fingerprint density at radius 2 is 1.64 bits per heavy atom. The van der Waals surface area contributed by atoms with Crippen molar-refractivity contribution in [2.75, 3.05) is 17.7 Å². The number of aromatic nitrogens is 3. The summed E-state index contributed by atoms with van der Waals surface area (Å²) in [6.07, 6.45) is -0.422. The third-order valence-electron chi connectivity index (χ3n) is 5.02. The molecule has 0 N–H and O–H groups in total. The van der Waals surface area contributed by atoms with Crippen molar-refractivity contribution < 1.29 is 9.53 Å². The van der Waals surface area contributed by atoms with Gasteiger partial charge >= 0.3 is 0 Å². The summed E-state index contributed by atoms with van der Waals surface area (Å²) in [6, 6.07) is 26.6. The van der Waals surface area contributed by atoms with E-state index in [0.29, 0.717) is 21.8 Å². The van der Waals surface area contributed by atoms with Crippen LogP contribution in [-0.4, -0.2) is 33.5 Å². The lowest BCUT2D eigenvalue weighted by atomic mass is 10.3. The Morgan fingerprint density at radius 1 is 1.00 bits per heavy atom. The number of anilines is 1. The number of rotatable bonds is 8. The molecule has 0 aliphatic heterocycles. The molecule has 33 heavy (non-hydrogen) atoms. The number of thioether (sulfide) groups is 1. The standard InChI is InChI=1S/C25H23ClN4O2S/c1-18(32-22-16-10-9-15-21(22)26)24-27-28-25(30(24)20-13-7-4-8-14-20)33-17-23(31)29(2)19-11-5-3-6-12-19/h3-16,18H,17H2,1-2H3. The van der Waals surface area contributed by atoms with Crippen LogP contribution in [0.1, 0.15) is 18.9 Å². The van der Waals surface area contributed by atoms with E-state index in [1.807, 2.05) is 90.4 Å². The lowest BCUT2D eigenvalue weighted by Gasteiger charge is -2.18. The van der Waals surface area contributed by atoms with Gasteiger partial charge in [-0.05, 0) is 43.3 Å². The van der Waals surface area contributed by atoms with Crippen LogP contribution >= 0.6 is 23.4 Å². The van der Waals surface area contributed by atoms with Gasteiger partial charge in [-0.2, -0.15) is 0 Å². The molecule has 4 rings (SSSR count). The molecule has 1 atom stereocenters. The van der Waals surface area contributed by atoms with Crippen molar-refractivity contribution in [2.24, 2.45) is 0 Å². The molecule has 1 amide bonds. The van der Waals surface area contributed by atoms with E-state index in [1.54, 1.807) is 18.0 Å². The molecule has 168 valence electrons. The number of halogens is 1. The number of carbonyl (C=O) groups excluding carboxylic acids is 1. The molecule has 0 spiro atoms. The highest BCUT2D eigenvalue weighted by Crippen LogP contribution is 2.31. The van der Waals surface area contributed by atoms with Gasteiger partial charge in [-0.25, -0.2) is 0 Å². The second kappa shape index (κ2) is 10.6. The molecule has 4 aromatic rings. The average Bonchev–Trinajstić information content (AvgIpc) is 3.28. The van der Waals surface area contributed by atoms with Gasteiger partial charge in [0.25, 0.3) is 0 Å². The number of ether oxygens (including phenoxy) is 1. The Balaban J connectivity index is 1.58. The molecule has 1 heterocycles. The van der Waals surface area contributed by atoms with Crippen LogP contribution in [0.5, 0.6) is 5.75 Å². The van der Waals surface area contributed by atoms with Crippen LogP contribution < -0.4 is 9.64 Å². The summed E-state index contributed by atoms with van der Waals surface area (Å²) < 4.78 is 8.01. The fourth-order valence-corrected chi connectivity index (χ4v) is 4.31. The van der Waals surface area contributed by atoms with Crippen LogP contribution in [0.2, 0.25) is 5.02 Å². The number of nitrogens with zero attached hydrogens (tertiary/aromatic N) is 4. The fourth-order valence-electron chi connectivity index (χ4n) is 3.26. The highest BCUT2D eigenvalue weighted by atomic mass is 35.5. The molecule has 1 unspecified atom stereocenters. The molecule has 1 aromatic heterocycles. The Morgan fingerprint density at radius 3 is 2.33 bits per heavy atom. The predicted molar refractivity (Wildman–Crippen MR) is 132 cm³/mol. The van der Waals surface area contributed by atoms with Gasteiger partial charge in [-0.15, -0.1) is 10.2 Å². The van der Waals surface area contributed by atoms with E-state index in [9.17, 15) is 4.79 Å². The van der Waals surface area contributed by atoms with Crippen LogP contribution in [0.4, 0.5) is 5.69 Å². The first-order valence-electron chi connectivity index (χ1n) is 10.4. The van der Waals surface area contributed by atoms with Gasteiger partial charge in [-0.1, -0.05) is 71.9 Å². The van der Waals surface area contributed by atoms with E-state index in [2.05, 4.69) is 10.2 Å². The second-order valence-corrected chi connectivity index (χ2v) is 8.63. The van der Waals surface area contributed by atoms with Gasteiger partial charge in [0.2, 0.25) is 5.91 Å². The Kier molecular flexibility index (Phi) is 7.32. The summed E-state index contributed by atoms with van der Waals surface area (Å²) in [7, 11) is 1.77. The van der Waals surface area contributed by atoms with Crippen molar-refractivity contribution in [1.82, 2.24) is 14.8 Å². The zero-order chi connectivity index (χ0) is 23.2. The van der Waals surface area contributed by atoms with Crippen LogP contribution in [0.3, 0.4) is 0 Å². The molecule has 3 aromatic carbocycles. The average molecular weight is 479 g/mol. The summed E-state index contributed by atoms with van der Waals surface area (Å²) in [5, 5.41) is 9.91. The molecule has 0 radical (unpaired) electrons. The summed E-state index contributed by atoms with van der Waals surface area (Å²) in [4.78, 5) is 14.4. The minimum absolute atomic E-state index is 0.0317. The molecule has 0 aliphatic carbocycles. The quantitative estimate of drug-likeness (QED) is 0.299. The Bertz CT molecular complexity index is 1220. The molecule has 8 heteroatoms. The predicted octanol–water partition coefficient (Wildman–Crippen LogP) is 5.82. The largest absolute Gasteiger partial charge is 0.481 e. The van der Waals surface area contributed by atoms with Crippen molar-refractivity contribution in [3.05, 3.63) is 95.8 Å². The van der Waals surface area contributed by atoms with Crippen molar-refractivity contribution >= 4 is 35.0 Å². The third kappa shape index (κ3) is 5.38. The lowest BCUT2D eigenvalue weighted by molar-refractivity contribution is -0.115. The monoisotopic (exact) mass is 478 g/mol. The van der Waals surface area contributed by atoms with E-state index < -0.39 is 6.10 Å². The summed E-state index contributed by atoms with van der Waals surface area (Å²) >= 11 is 7.61. The maximum absolute atomic E-state index is 12.8. The van der Waals surface area contributed by atoms with Crippen LogP contribution in [-0.2, 0) is 4.79 Å². The van der Waals surface area contributed by atoms with Gasteiger partial charge < -0.3 is 9.64 Å². The second-order valence-electron chi connectivity index (χ2n) is 7.28. The highest BCUT2D eigenvalue weighted by Gasteiger charge is 2.23. The number of amides is 1. The zero-order valence-corrected chi connectivity index (χ0v) is 19.8. The summed E-state index contributed by atoms with van der Waals surface area (Å²) in [5.74, 6) is 1.38. The number of carbonyl (C=O) groups is 1. The van der Waals surface area contributed by atoms with Crippen molar-refractivity contribution in [3.8, 4) is 11.4 Å². The maximum Gasteiger partial charge on any atom is 0.237 e. The van der Waals surface area contributed by atoms with Crippen molar-refractivity contribution in [2.45, 2.75) is 18.2 Å². The van der Waals surface area contributed by atoms with Gasteiger partial charge in [0, 0.05) is 18.4 Å². The van der Waals surface area contributed by atoms with Crippen molar-refractivity contribution in [1.29, 1.82) is 0 Å². The smallest absolute Gasteiger partial charge is 0.237 e. The van der Waals surface area contributed by atoms with Crippen LogP contribution in [0.15, 0.2) is 90.1 Å². The van der Waals surface area contributed by atoms with Crippen molar-refractivity contribution in [3.63, 3.8) is 0 Å². The van der Waals surface area contributed by atoms with Gasteiger partial charge in [0.05, 0.1) is 10.8 Å². The number of hydrogen-bond donors (Lipinski definition) is 0. The highest BCUT2D eigenvalue weighted by molar-refractivity contribution is 7.99. The molecular formula is C25H23ClN4O2S. The molecule has 0 bridgehead atoms. The third-order valence-corrected chi connectivity index (χ3v) is 6.25.